The van der Waals surface area contributed by atoms with E-state index in [0.717, 1.165) is 11.9 Å². The number of thiazole rings is 1. The summed E-state index contributed by atoms with van der Waals surface area (Å²) < 4.78 is 1.28. The Morgan fingerprint density at radius 3 is 2.93 bits per heavy atom. The van der Waals surface area contributed by atoms with Crippen molar-refractivity contribution in [1.29, 1.82) is 0 Å². The predicted octanol–water partition coefficient (Wildman–Crippen LogP) is 2.45. The van der Waals surface area contributed by atoms with Crippen LogP contribution in [-0.2, 0) is 6.42 Å². The molecule has 0 aliphatic carbocycles. The summed E-state index contributed by atoms with van der Waals surface area (Å²) in [5.74, 6) is 0. The number of para-hydroxylation sites is 1. The van der Waals surface area contributed by atoms with Gasteiger partial charge in [-0.05, 0) is 26.1 Å². The van der Waals surface area contributed by atoms with Gasteiger partial charge in [0.1, 0.15) is 0 Å². The number of benzene rings is 1. The Morgan fingerprint density at radius 1 is 1.43 bits per heavy atom. The van der Waals surface area contributed by atoms with E-state index in [0.29, 0.717) is 6.04 Å². The van der Waals surface area contributed by atoms with E-state index in [-0.39, 0.29) is 0 Å². The highest BCUT2D eigenvalue weighted by Gasteiger charge is 2.06. The Morgan fingerprint density at radius 2 is 2.21 bits per heavy atom. The topological polar surface area (TPSA) is 24.9 Å². The largest absolute Gasteiger partial charge is 0.317 e. The maximum Gasteiger partial charge on any atom is 0.0954 e. The highest BCUT2D eigenvalue weighted by Crippen LogP contribution is 2.22. The zero-order valence-electron chi connectivity index (χ0n) is 8.45. The van der Waals surface area contributed by atoms with Crippen molar-refractivity contribution in [2.45, 2.75) is 19.4 Å². The van der Waals surface area contributed by atoms with E-state index in [1.807, 2.05) is 13.1 Å². The molecule has 0 saturated carbocycles. The second-order valence-electron chi connectivity index (χ2n) is 3.47. The van der Waals surface area contributed by atoms with Crippen molar-refractivity contribution in [3.63, 3.8) is 0 Å². The normalized spacial score (nSPS) is 13.3. The molecule has 0 fully saturated rings. The number of fused-ring (bicyclic) bond motifs is 1. The zero-order valence-corrected chi connectivity index (χ0v) is 9.27. The fourth-order valence-corrected chi connectivity index (χ4v) is 2.47. The standard InChI is InChI=1S/C11H14N2S/c1-8(12-2)7-11-13-9-5-3-4-6-10(9)14-11/h3-6,8,12H,7H2,1-2H3. The minimum atomic E-state index is 0.496. The molecular weight excluding hydrogens is 192 g/mol. The second-order valence-corrected chi connectivity index (χ2v) is 4.58. The maximum absolute atomic E-state index is 4.58. The molecule has 1 aromatic heterocycles. The molecule has 0 spiro atoms. The molecule has 1 atom stereocenters. The summed E-state index contributed by atoms with van der Waals surface area (Å²) in [7, 11) is 1.98. The summed E-state index contributed by atoms with van der Waals surface area (Å²) >= 11 is 1.79. The van der Waals surface area contributed by atoms with Gasteiger partial charge >= 0.3 is 0 Å². The first kappa shape index (κ1) is 9.62. The van der Waals surface area contributed by atoms with Gasteiger partial charge in [-0.3, -0.25) is 0 Å². The highest BCUT2D eigenvalue weighted by atomic mass is 32.1. The average Bonchev–Trinajstić information content (AvgIpc) is 2.59. The van der Waals surface area contributed by atoms with Crippen molar-refractivity contribution in [2.24, 2.45) is 0 Å². The second kappa shape index (κ2) is 4.07. The monoisotopic (exact) mass is 206 g/mol. The lowest BCUT2D eigenvalue weighted by Gasteiger charge is -2.05. The van der Waals surface area contributed by atoms with E-state index in [4.69, 9.17) is 0 Å². The lowest BCUT2D eigenvalue weighted by atomic mass is 10.2. The quantitative estimate of drug-likeness (QED) is 0.834. The minimum absolute atomic E-state index is 0.496. The van der Waals surface area contributed by atoms with Crippen LogP contribution in [0.5, 0.6) is 0 Å². The molecule has 1 aromatic carbocycles. The first-order valence-electron chi connectivity index (χ1n) is 4.81. The molecule has 1 unspecified atom stereocenters. The molecule has 2 nitrogen and oxygen atoms in total. The lowest BCUT2D eigenvalue weighted by Crippen LogP contribution is -2.23. The van der Waals surface area contributed by atoms with Crippen molar-refractivity contribution in [3.05, 3.63) is 29.3 Å². The Labute approximate surface area is 88.0 Å². The van der Waals surface area contributed by atoms with Crippen molar-refractivity contribution < 1.29 is 0 Å². The van der Waals surface area contributed by atoms with Gasteiger partial charge in [-0.25, -0.2) is 4.98 Å². The van der Waals surface area contributed by atoms with Crippen LogP contribution in [0.1, 0.15) is 11.9 Å². The highest BCUT2D eigenvalue weighted by molar-refractivity contribution is 7.18. The van der Waals surface area contributed by atoms with Crippen LogP contribution >= 0.6 is 11.3 Å². The third kappa shape index (κ3) is 1.94. The molecule has 74 valence electrons. The van der Waals surface area contributed by atoms with Gasteiger partial charge in [0.25, 0.3) is 0 Å². The van der Waals surface area contributed by atoms with E-state index in [1.54, 1.807) is 11.3 Å². The molecule has 0 aliphatic rings. The number of nitrogens with zero attached hydrogens (tertiary/aromatic N) is 1. The van der Waals surface area contributed by atoms with Gasteiger partial charge in [0.05, 0.1) is 15.2 Å². The number of likely N-dealkylation sites (N-methyl/N-ethyl adjacent to an activating group) is 1. The molecule has 0 bridgehead atoms. The van der Waals surface area contributed by atoms with Gasteiger partial charge in [0.15, 0.2) is 0 Å². The first-order valence-corrected chi connectivity index (χ1v) is 5.63. The molecule has 0 aliphatic heterocycles. The predicted molar refractivity (Wildman–Crippen MR) is 61.8 cm³/mol. The van der Waals surface area contributed by atoms with Crippen LogP contribution in [0.2, 0.25) is 0 Å². The Hall–Kier alpha value is -0.930. The van der Waals surface area contributed by atoms with Crippen molar-refractivity contribution in [1.82, 2.24) is 10.3 Å². The molecule has 3 heteroatoms. The number of hydrogen-bond donors (Lipinski definition) is 1. The molecule has 2 aromatic rings. The maximum atomic E-state index is 4.58. The Kier molecular flexibility index (Phi) is 2.79. The van der Waals surface area contributed by atoms with Gasteiger partial charge in [0, 0.05) is 12.5 Å². The third-order valence-electron chi connectivity index (χ3n) is 2.31. The summed E-state index contributed by atoms with van der Waals surface area (Å²) in [6.45, 7) is 2.17. The Balaban J connectivity index is 2.27. The molecular formula is C11H14N2S. The fraction of sp³-hybridized carbons (Fsp3) is 0.364. The van der Waals surface area contributed by atoms with Gasteiger partial charge in [-0.1, -0.05) is 12.1 Å². The SMILES string of the molecule is CNC(C)Cc1nc2ccccc2s1. The van der Waals surface area contributed by atoms with Gasteiger partial charge in [0.2, 0.25) is 0 Å². The molecule has 1 N–H and O–H groups in total. The molecule has 0 saturated heterocycles. The van der Waals surface area contributed by atoms with Crippen LogP contribution in [0.15, 0.2) is 24.3 Å². The summed E-state index contributed by atoms with van der Waals surface area (Å²) in [5.41, 5.74) is 1.12. The average molecular weight is 206 g/mol. The third-order valence-corrected chi connectivity index (χ3v) is 3.37. The number of rotatable bonds is 3. The molecule has 0 radical (unpaired) electrons. The molecule has 2 rings (SSSR count). The van der Waals surface area contributed by atoms with Crippen LogP contribution in [-0.4, -0.2) is 18.1 Å². The zero-order chi connectivity index (χ0) is 9.97. The fourth-order valence-electron chi connectivity index (χ4n) is 1.37. The summed E-state index contributed by atoms with van der Waals surface area (Å²) in [6.07, 6.45) is 1.01. The summed E-state index contributed by atoms with van der Waals surface area (Å²) in [4.78, 5) is 4.58. The Bertz CT molecular complexity index is 389. The number of nitrogens with one attached hydrogen (secondary N) is 1. The van der Waals surface area contributed by atoms with Crippen LogP contribution in [0.4, 0.5) is 0 Å². The van der Waals surface area contributed by atoms with Crippen LogP contribution in [0.25, 0.3) is 10.2 Å². The minimum Gasteiger partial charge on any atom is -0.317 e. The molecule has 14 heavy (non-hydrogen) atoms. The molecule has 1 heterocycles. The number of hydrogen-bond acceptors (Lipinski definition) is 3. The summed E-state index contributed by atoms with van der Waals surface area (Å²) in [6, 6.07) is 8.79. The van der Waals surface area contributed by atoms with Crippen LogP contribution in [0.3, 0.4) is 0 Å². The first-order chi connectivity index (χ1) is 6.79. The van der Waals surface area contributed by atoms with Gasteiger partial charge in [-0.2, -0.15) is 0 Å². The molecule has 0 amide bonds. The van der Waals surface area contributed by atoms with Crippen molar-refractivity contribution in [2.75, 3.05) is 7.05 Å². The van der Waals surface area contributed by atoms with E-state index in [2.05, 4.69) is 35.4 Å². The van der Waals surface area contributed by atoms with Gasteiger partial charge < -0.3 is 5.32 Å². The van der Waals surface area contributed by atoms with Crippen LogP contribution < -0.4 is 5.32 Å². The van der Waals surface area contributed by atoms with E-state index >= 15 is 0 Å². The van der Waals surface area contributed by atoms with Crippen LogP contribution in [0, 0.1) is 0 Å². The lowest BCUT2D eigenvalue weighted by molar-refractivity contribution is 0.607. The van der Waals surface area contributed by atoms with E-state index < -0.39 is 0 Å². The van der Waals surface area contributed by atoms with Crippen molar-refractivity contribution in [3.8, 4) is 0 Å². The van der Waals surface area contributed by atoms with Crippen molar-refractivity contribution >= 4 is 21.6 Å². The van der Waals surface area contributed by atoms with E-state index in [9.17, 15) is 0 Å². The van der Waals surface area contributed by atoms with Gasteiger partial charge in [-0.15, -0.1) is 11.3 Å². The summed E-state index contributed by atoms with van der Waals surface area (Å²) in [5, 5.41) is 4.44. The smallest absolute Gasteiger partial charge is 0.0954 e. The van der Waals surface area contributed by atoms with E-state index in [1.165, 1.54) is 9.71 Å². The number of aromatic nitrogens is 1.